The predicted molar refractivity (Wildman–Crippen MR) is 187 cm³/mol. The van der Waals surface area contributed by atoms with Crippen LogP contribution >= 0.6 is 24.8 Å². The second kappa shape index (κ2) is 16.0. The van der Waals surface area contributed by atoms with E-state index in [9.17, 15) is 0 Å². The van der Waals surface area contributed by atoms with Crippen molar-refractivity contribution in [1.82, 2.24) is 9.97 Å². The molecule has 5 nitrogen and oxygen atoms in total. The van der Waals surface area contributed by atoms with Gasteiger partial charge in [0.15, 0.2) is 0 Å². The first-order valence-corrected chi connectivity index (χ1v) is 14.7. The van der Waals surface area contributed by atoms with Crippen LogP contribution in [0.15, 0.2) is 109 Å². The third-order valence-electron chi connectivity index (χ3n) is 7.53. The Balaban J connectivity index is 0.00000212. The maximum atomic E-state index is 6.27. The molecule has 4 aromatic carbocycles. The lowest BCUT2D eigenvalue weighted by Crippen LogP contribution is -2.03. The van der Waals surface area contributed by atoms with Gasteiger partial charge in [0, 0.05) is 34.6 Å². The largest absolute Gasteiger partial charge is 0.491 e. The van der Waals surface area contributed by atoms with E-state index >= 15 is 0 Å². The monoisotopic (exact) mass is 612 g/mol. The smallest absolute Gasteiger partial charge is 0.142 e. The first-order chi connectivity index (χ1) is 20.4. The highest BCUT2D eigenvalue weighted by Crippen LogP contribution is 2.36. The Bertz CT molecular complexity index is 1700. The van der Waals surface area contributed by atoms with E-state index in [0.29, 0.717) is 6.61 Å². The third-order valence-corrected chi connectivity index (χ3v) is 7.53. The molecule has 2 heterocycles. The Kier molecular flexibility index (Phi) is 11.8. The molecular formula is C36H38Cl2N4O. The van der Waals surface area contributed by atoms with Gasteiger partial charge in [0.25, 0.3) is 0 Å². The highest BCUT2D eigenvalue weighted by molar-refractivity contribution is 6.08. The Labute approximate surface area is 265 Å². The van der Waals surface area contributed by atoms with Crippen LogP contribution in [0.4, 0.5) is 17.1 Å². The lowest BCUT2D eigenvalue weighted by Gasteiger charge is -2.16. The molecule has 0 radical (unpaired) electrons. The second-order valence-corrected chi connectivity index (χ2v) is 10.4. The lowest BCUT2D eigenvalue weighted by atomic mass is 10.1. The average Bonchev–Trinajstić information content (AvgIpc) is 3.02. The molecule has 0 bridgehead atoms. The fourth-order valence-corrected chi connectivity index (χ4v) is 5.39. The molecule has 0 spiro atoms. The number of aromatic nitrogens is 2. The van der Waals surface area contributed by atoms with Gasteiger partial charge in [-0.2, -0.15) is 0 Å². The molecule has 0 aliphatic rings. The summed E-state index contributed by atoms with van der Waals surface area (Å²) in [6.07, 6.45) is 9.00. The molecule has 0 unspecified atom stereocenters. The maximum Gasteiger partial charge on any atom is 0.142 e. The van der Waals surface area contributed by atoms with Crippen molar-refractivity contribution < 1.29 is 4.74 Å². The zero-order chi connectivity index (χ0) is 27.7. The zero-order valence-electron chi connectivity index (χ0n) is 24.2. The number of unbranched alkanes of at least 4 members (excludes halogenated alkanes) is 5. The maximum absolute atomic E-state index is 6.27. The molecular weight excluding hydrogens is 575 g/mol. The van der Waals surface area contributed by atoms with Gasteiger partial charge >= 0.3 is 0 Å². The summed E-state index contributed by atoms with van der Waals surface area (Å²) in [5, 5.41) is 10.7. The van der Waals surface area contributed by atoms with E-state index in [1.165, 1.54) is 43.2 Å². The zero-order valence-corrected chi connectivity index (χ0v) is 25.8. The van der Waals surface area contributed by atoms with E-state index in [0.717, 1.165) is 57.4 Å². The van der Waals surface area contributed by atoms with Crippen molar-refractivity contribution in [1.29, 1.82) is 0 Å². The molecule has 43 heavy (non-hydrogen) atoms. The Morgan fingerprint density at radius 1 is 0.535 bits per heavy atom. The van der Waals surface area contributed by atoms with Crippen LogP contribution in [0.3, 0.4) is 0 Å². The first-order valence-electron chi connectivity index (χ1n) is 14.7. The van der Waals surface area contributed by atoms with E-state index in [1.54, 1.807) is 0 Å². The van der Waals surface area contributed by atoms with Crippen molar-refractivity contribution in [3.8, 4) is 5.75 Å². The number of pyridine rings is 2. The molecule has 7 heteroatoms. The molecule has 0 saturated carbocycles. The number of hydrogen-bond donors (Lipinski definition) is 2. The van der Waals surface area contributed by atoms with Crippen molar-refractivity contribution in [3.63, 3.8) is 0 Å². The third kappa shape index (κ3) is 7.86. The van der Waals surface area contributed by atoms with Crippen molar-refractivity contribution in [3.05, 3.63) is 109 Å². The quantitative estimate of drug-likeness (QED) is 0.100. The Morgan fingerprint density at radius 3 is 1.86 bits per heavy atom. The molecule has 0 fully saturated rings. The SMILES string of the molecule is Cl.Cl.c1ccc(OCCCCCCCCNc2ccnc3ccccc23)c(Nc2c3ccccc3nc3ccccc23)c1. The molecule has 0 saturated heterocycles. The standard InChI is InChI=1S/C36H36N4O.2ClH/c1(3-13-24-37-31-23-25-38-30-18-8-5-15-27(30)31)2-4-14-26-41-35-22-12-11-21-34(35)40-36-28-16-6-9-19-32(28)39-33-20-10-7-17-29(33)36;;/h5-12,15-23,25H,1-4,13-14,24,26H2,(H,37,38)(H,39,40);2*1H. The van der Waals surface area contributed by atoms with Gasteiger partial charge in [-0.05, 0) is 49.2 Å². The van der Waals surface area contributed by atoms with Gasteiger partial charge in [0.2, 0.25) is 0 Å². The van der Waals surface area contributed by atoms with E-state index < -0.39 is 0 Å². The fraction of sp³-hybridized carbons (Fsp3) is 0.222. The minimum absolute atomic E-state index is 0. The number of hydrogen-bond acceptors (Lipinski definition) is 5. The van der Waals surface area contributed by atoms with Gasteiger partial charge in [-0.3, -0.25) is 4.98 Å². The van der Waals surface area contributed by atoms with Crippen LogP contribution in [0.25, 0.3) is 32.7 Å². The first kappa shape index (κ1) is 31.9. The van der Waals surface area contributed by atoms with Crippen LogP contribution in [0.5, 0.6) is 5.75 Å². The Morgan fingerprint density at radius 2 is 1.12 bits per heavy atom. The molecule has 0 amide bonds. The Hall–Kier alpha value is -4.06. The van der Waals surface area contributed by atoms with E-state index in [4.69, 9.17) is 9.72 Å². The number of ether oxygens (including phenoxy) is 1. The van der Waals surface area contributed by atoms with Crippen LogP contribution in [0, 0.1) is 0 Å². The summed E-state index contributed by atoms with van der Waals surface area (Å²) < 4.78 is 6.27. The van der Waals surface area contributed by atoms with Gasteiger partial charge in [-0.25, -0.2) is 4.98 Å². The molecule has 0 aliphatic heterocycles. The van der Waals surface area contributed by atoms with Gasteiger partial charge in [-0.15, -0.1) is 24.8 Å². The summed E-state index contributed by atoms with van der Waals surface area (Å²) in [5.41, 5.74) is 6.21. The van der Waals surface area contributed by atoms with Crippen molar-refractivity contribution >= 4 is 74.6 Å². The molecule has 0 aliphatic carbocycles. The van der Waals surface area contributed by atoms with E-state index in [1.807, 2.05) is 42.6 Å². The summed E-state index contributed by atoms with van der Waals surface area (Å²) in [7, 11) is 0. The number of rotatable bonds is 13. The molecule has 2 aromatic heterocycles. The lowest BCUT2D eigenvalue weighted by molar-refractivity contribution is 0.306. The van der Waals surface area contributed by atoms with Crippen molar-refractivity contribution in [2.24, 2.45) is 0 Å². The molecule has 0 atom stereocenters. The van der Waals surface area contributed by atoms with Gasteiger partial charge in [-0.1, -0.05) is 92.4 Å². The normalized spacial score (nSPS) is 10.7. The average molecular weight is 614 g/mol. The minimum atomic E-state index is 0. The second-order valence-electron chi connectivity index (χ2n) is 10.4. The molecule has 6 rings (SSSR count). The van der Waals surface area contributed by atoms with Crippen molar-refractivity contribution in [2.45, 2.75) is 38.5 Å². The molecule has 2 N–H and O–H groups in total. The van der Waals surface area contributed by atoms with Crippen LogP contribution in [0.2, 0.25) is 0 Å². The summed E-state index contributed by atoms with van der Waals surface area (Å²) >= 11 is 0. The van der Waals surface area contributed by atoms with E-state index in [-0.39, 0.29) is 24.8 Å². The van der Waals surface area contributed by atoms with Gasteiger partial charge < -0.3 is 15.4 Å². The fourth-order valence-electron chi connectivity index (χ4n) is 5.39. The van der Waals surface area contributed by atoms with Gasteiger partial charge in [0.1, 0.15) is 5.75 Å². The van der Waals surface area contributed by atoms with E-state index in [2.05, 4.69) is 82.3 Å². The van der Waals surface area contributed by atoms with Gasteiger partial charge in [0.05, 0.1) is 34.5 Å². The van der Waals surface area contributed by atoms with Crippen LogP contribution < -0.4 is 15.4 Å². The van der Waals surface area contributed by atoms with Crippen LogP contribution in [-0.2, 0) is 0 Å². The molecule has 6 aromatic rings. The number of benzene rings is 4. The predicted octanol–water partition coefficient (Wildman–Crippen LogP) is 10.4. The number of halogens is 2. The highest BCUT2D eigenvalue weighted by atomic mass is 35.5. The number of nitrogens with one attached hydrogen (secondary N) is 2. The van der Waals surface area contributed by atoms with Crippen molar-refractivity contribution in [2.75, 3.05) is 23.8 Å². The summed E-state index contributed by atoms with van der Waals surface area (Å²) in [6.45, 7) is 1.70. The topological polar surface area (TPSA) is 59.1 Å². The number of para-hydroxylation sites is 5. The van der Waals surface area contributed by atoms with Crippen LogP contribution in [-0.4, -0.2) is 23.1 Å². The minimum Gasteiger partial charge on any atom is -0.491 e. The summed E-state index contributed by atoms with van der Waals surface area (Å²) in [6, 6.07) is 35.1. The number of nitrogens with zero attached hydrogens (tertiary/aromatic N) is 2. The number of fused-ring (bicyclic) bond motifs is 3. The van der Waals surface area contributed by atoms with Crippen LogP contribution in [0.1, 0.15) is 38.5 Å². The highest BCUT2D eigenvalue weighted by Gasteiger charge is 2.11. The molecule has 222 valence electrons. The number of anilines is 3. The summed E-state index contributed by atoms with van der Waals surface area (Å²) in [4.78, 5) is 9.30. The summed E-state index contributed by atoms with van der Waals surface area (Å²) in [5.74, 6) is 0.882.